The molecule has 0 spiro atoms. The first-order valence-corrected chi connectivity index (χ1v) is 11.4. The van der Waals surface area contributed by atoms with Crippen molar-refractivity contribution in [2.45, 2.75) is 102 Å². The number of rotatable bonds is 4. The summed E-state index contributed by atoms with van der Waals surface area (Å²) in [6, 6.07) is -1.35. The predicted octanol–water partition coefficient (Wildman–Crippen LogP) is -3.60. The number of aliphatic hydroxyl groups excluding tert-OH is 6. The highest BCUT2D eigenvalue weighted by Gasteiger charge is 2.43. The maximum Gasteiger partial charge on any atom is 0.217 e. The van der Waals surface area contributed by atoms with Gasteiger partial charge >= 0.3 is 0 Å². The number of amides is 2. The van der Waals surface area contributed by atoms with Crippen molar-refractivity contribution in [1.82, 2.24) is 10.6 Å². The number of hydrogen-bond acceptors (Lipinski definition) is 12. The van der Waals surface area contributed by atoms with Crippen LogP contribution in [0.25, 0.3) is 0 Å². The third kappa shape index (κ3) is 12.3. The van der Waals surface area contributed by atoms with Gasteiger partial charge in [-0.2, -0.15) is 0 Å². The Morgan fingerprint density at radius 1 is 0.806 bits per heavy atom. The SMILES string of the molecule is CC(=O)N[C@H]1C(C)O[C@H](C=O)[C@H](O)[C@@H]1O.CC(=O)N[C@H]1C(C)O[C@H](CO)[C@H](O)[C@@H]1O.CC=O.CCO. The molecule has 0 aromatic heterocycles. The molecule has 0 saturated carbocycles. The monoisotopic (exact) mass is 526 g/mol. The van der Waals surface area contributed by atoms with E-state index in [9.17, 15) is 34.8 Å². The summed E-state index contributed by atoms with van der Waals surface area (Å²) in [7, 11) is 0. The molecule has 2 saturated heterocycles. The highest BCUT2D eigenvalue weighted by molar-refractivity contribution is 5.73. The van der Waals surface area contributed by atoms with Gasteiger partial charge in [-0.25, -0.2) is 0 Å². The first-order chi connectivity index (χ1) is 16.8. The molecule has 212 valence electrons. The van der Waals surface area contributed by atoms with Gasteiger partial charge in [-0.3, -0.25) is 9.59 Å². The molecular weight excluding hydrogens is 484 g/mol. The Labute approximate surface area is 210 Å². The average molecular weight is 527 g/mol. The number of ether oxygens (including phenoxy) is 2. The Hall–Kier alpha value is -2.04. The molecule has 0 aliphatic carbocycles. The molecule has 10 atom stereocenters. The van der Waals surface area contributed by atoms with Crippen LogP contribution in [0.4, 0.5) is 0 Å². The third-order valence-corrected chi connectivity index (χ3v) is 4.98. The number of nitrogens with one attached hydrogen (secondary N) is 2. The van der Waals surface area contributed by atoms with Crippen molar-refractivity contribution in [2.24, 2.45) is 0 Å². The van der Waals surface area contributed by atoms with Gasteiger partial charge in [0.2, 0.25) is 11.8 Å². The van der Waals surface area contributed by atoms with Gasteiger partial charge in [0.15, 0.2) is 6.29 Å². The van der Waals surface area contributed by atoms with E-state index in [1.54, 1.807) is 20.8 Å². The minimum Gasteiger partial charge on any atom is -0.397 e. The van der Waals surface area contributed by atoms with Crippen LogP contribution in [-0.2, 0) is 28.7 Å². The average Bonchev–Trinajstić information content (AvgIpc) is 2.80. The highest BCUT2D eigenvalue weighted by atomic mass is 16.5. The molecule has 0 bridgehead atoms. The zero-order valence-electron chi connectivity index (χ0n) is 21.5. The van der Waals surface area contributed by atoms with E-state index in [1.807, 2.05) is 0 Å². The van der Waals surface area contributed by atoms with Crippen LogP contribution in [0.5, 0.6) is 0 Å². The lowest BCUT2D eigenvalue weighted by Gasteiger charge is -2.41. The van der Waals surface area contributed by atoms with Gasteiger partial charge in [-0.05, 0) is 27.7 Å². The van der Waals surface area contributed by atoms with Crippen molar-refractivity contribution >= 4 is 24.4 Å². The minimum atomic E-state index is -1.31. The fourth-order valence-corrected chi connectivity index (χ4v) is 3.39. The molecule has 0 aromatic carbocycles. The molecule has 2 aliphatic rings. The van der Waals surface area contributed by atoms with E-state index >= 15 is 0 Å². The van der Waals surface area contributed by atoms with Crippen molar-refractivity contribution in [3.05, 3.63) is 0 Å². The molecule has 14 nitrogen and oxygen atoms in total. The minimum absolute atomic E-state index is 0.250. The van der Waals surface area contributed by atoms with E-state index in [0.29, 0.717) is 6.29 Å². The Kier molecular flexibility index (Phi) is 19.2. The summed E-state index contributed by atoms with van der Waals surface area (Å²) in [4.78, 5) is 41.0. The standard InChI is InChI=1S/C9H17NO5.C9H15NO5.C2H6O.C2H4O/c2*1-4-7(10-5(2)12)9(14)8(13)6(3-11)15-4;2*1-2-3/h4,6-9,11,13-14H,3H2,1-2H3,(H,10,12);3-4,6-9,13-14H,1-2H3,(H,10,12);3H,2H2,1H3;2H,1H3/t2*4?,6-,7+,8+,9-;;/m11../s1. The van der Waals surface area contributed by atoms with E-state index in [1.165, 1.54) is 20.8 Å². The molecule has 2 heterocycles. The van der Waals surface area contributed by atoms with Crippen LogP contribution < -0.4 is 10.6 Å². The number of carbonyl (C=O) groups excluding carboxylic acids is 4. The van der Waals surface area contributed by atoms with Crippen molar-refractivity contribution < 1.29 is 59.3 Å². The van der Waals surface area contributed by atoms with Gasteiger partial charge in [-0.15, -0.1) is 0 Å². The normalized spacial score (nSPS) is 35.1. The number of carbonyl (C=O) groups is 4. The second-order valence-electron chi connectivity index (χ2n) is 7.97. The quantitative estimate of drug-likeness (QED) is 0.166. The molecule has 2 aliphatic heterocycles. The van der Waals surface area contributed by atoms with Crippen LogP contribution in [0.1, 0.15) is 41.5 Å². The predicted molar refractivity (Wildman–Crippen MR) is 126 cm³/mol. The van der Waals surface area contributed by atoms with Gasteiger partial charge in [0.25, 0.3) is 0 Å². The van der Waals surface area contributed by atoms with Gasteiger partial charge in [0.1, 0.15) is 42.9 Å². The first kappa shape index (κ1) is 36.1. The summed E-state index contributed by atoms with van der Waals surface area (Å²) in [5.74, 6) is -0.629. The summed E-state index contributed by atoms with van der Waals surface area (Å²) in [5.41, 5.74) is 0. The van der Waals surface area contributed by atoms with Gasteiger partial charge in [-0.1, -0.05) is 0 Å². The molecule has 36 heavy (non-hydrogen) atoms. The Balaban J connectivity index is 0. The Morgan fingerprint density at radius 2 is 1.17 bits per heavy atom. The fraction of sp³-hybridized carbons (Fsp3) is 0.818. The van der Waals surface area contributed by atoms with Crippen molar-refractivity contribution in [2.75, 3.05) is 13.2 Å². The van der Waals surface area contributed by atoms with Gasteiger partial charge < -0.3 is 60.3 Å². The molecule has 2 unspecified atom stereocenters. The van der Waals surface area contributed by atoms with Crippen LogP contribution in [0.2, 0.25) is 0 Å². The van der Waals surface area contributed by atoms with Crippen LogP contribution in [0.3, 0.4) is 0 Å². The Morgan fingerprint density at radius 3 is 1.50 bits per heavy atom. The van der Waals surface area contributed by atoms with Crippen LogP contribution >= 0.6 is 0 Å². The van der Waals surface area contributed by atoms with E-state index in [-0.39, 0.29) is 25.0 Å². The largest absolute Gasteiger partial charge is 0.397 e. The summed E-state index contributed by atoms with van der Waals surface area (Å²) in [6.45, 7) is 8.92. The number of hydrogen-bond donors (Lipinski definition) is 8. The topological polar surface area (TPSA) is 232 Å². The number of aldehydes is 2. The lowest BCUT2D eigenvalue weighted by Crippen LogP contribution is -2.63. The lowest BCUT2D eigenvalue weighted by molar-refractivity contribution is -0.190. The zero-order chi connectivity index (χ0) is 28.6. The van der Waals surface area contributed by atoms with E-state index in [2.05, 4.69) is 10.6 Å². The molecule has 2 rings (SSSR count). The van der Waals surface area contributed by atoms with Crippen molar-refractivity contribution in [3.63, 3.8) is 0 Å². The van der Waals surface area contributed by atoms with Gasteiger partial charge in [0.05, 0.1) is 30.9 Å². The van der Waals surface area contributed by atoms with Crippen molar-refractivity contribution in [1.29, 1.82) is 0 Å². The molecule has 14 heteroatoms. The van der Waals surface area contributed by atoms with E-state index in [4.69, 9.17) is 24.5 Å². The molecular formula is C22H42N2O12. The summed E-state index contributed by atoms with van der Waals surface area (Å²) < 4.78 is 10.4. The maximum absolute atomic E-state index is 10.9. The van der Waals surface area contributed by atoms with Crippen LogP contribution in [-0.4, -0.2) is 129 Å². The smallest absolute Gasteiger partial charge is 0.217 e. The molecule has 0 aromatic rings. The zero-order valence-corrected chi connectivity index (χ0v) is 21.5. The first-order valence-electron chi connectivity index (χ1n) is 11.4. The summed E-state index contributed by atoms with van der Waals surface area (Å²) in [5, 5.41) is 59.8. The van der Waals surface area contributed by atoms with Crippen LogP contribution in [0.15, 0.2) is 0 Å². The molecule has 2 amide bonds. The second-order valence-corrected chi connectivity index (χ2v) is 7.97. The maximum atomic E-state index is 10.9. The highest BCUT2D eigenvalue weighted by Crippen LogP contribution is 2.21. The Bertz CT molecular complexity index is 653. The summed E-state index contributed by atoms with van der Waals surface area (Å²) in [6.07, 6.45) is -6.47. The lowest BCUT2D eigenvalue weighted by atomic mass is 9.93. The van der Waals surface area contributed by atoms with Gasteiger partial charge in [0, 0.05) is 20.5 Å². The van der Waals surface area contributed by atoms with Crippen LogP contribution in [0, 0.1) is 0 Å². The fourth-order valence-electron chi connectivity index (χ4n) is 3.39. The molecule has 8 N–H and O–H groups in total. The van der Waals surface area contributed by atoms with Crippen molar-refractivity contribution in [3.8, 4) is 0 Å². The number of aliphatic hydroxyl groups is 6. The van der Waals surface area contributed by atoms with E-state index < -0.39 is 60.9 Å². The van der Waals surface area contributed by atoms with E-state index in [0.717, 1.165) is 6.29 Å². The molecule has 2 fully saturated rings. The second kappa shape index (κ2) is 19.1. The molecule has 0 radical (unpaired) electrons. The third-order valence-electron chi connectivity index (χ3n) is 4.98. The summed E-state index contributed by atoms with van der Waals surface area (Å²) >= 11 is 0.